The number of carboxylic acid groups (broad SMARTS) is 1. The Balaban J connectivity index is 1.73. The number of fused-ring (bicyclic) bond motifs is 4. The Morgan fingerprint density at radius 1 is 0.432 bits per heavy atom. The van der Waals surface area contributed by atoms with Gasteiger partial charge in [-0.25, -0.2) is 4.79 Å². The molecule has 0 bridgehead atoms. The summed E-state index contributed by atoms with van der Waals surface area (Å²) in [6.45, 7) is 0. The number of benzene rings is 7. The van der Waals surface area contributed by atoms with Gasteiger partial charge in [-0.1, -0.05) is 91.0 Å². The lowest BCUT2D eigenvalue weighted by molar-refractivity contribution is 0.0697. The smallest absolute Gasteiger partial charge is 0.335 e. The molecule has 7 aromatic carbocycles. The molecule has 7 rings (SSSR count). The van der Waals surface area contributed by atoms with Gasteiger partial charge in [-0.3, -0.25) is 0 Å². The summed E-state index contributed by atoms with van der Waals surface area (Å²) in [6, 6.07) is 44.0. The topological polar surface area (TPSA) is 37.3 Å². The molecule has 0 saturated carbocycles. The van der Waals surface area contributed by atoms with Gasteiger partial charge >= 0.3 is 5.97 Å². The van der Waals surface area contributed by atoms with Crippen molar-refractivity contribution in [3.63, 3.8) is 0 Å². The predicted octanol–water partition coefficient (Wildman–Crippen LogP) is 9.33. The lowest BCUT2D eigenvalue weighted by Gasteiger charge is -2.19. The highest BCUT2D eigenvalue weighted by Gasteiger charge is 2.18. The molecule has 0 aliphatic rings. The molecule has 7 aromatic rings. The number of carbonyl (C=O) groups is 1. The zero-order valence-electron chi connectivity index (χ0n) is 20.0. The molecule has 0 aromatic heterocycles. The van der Waals surface area contributed by atoms with E-state index in [9.17, 15) is 9.90 Å². The van der Waals surface area contributed by atoms with Crippen LogP contribution in [-0.4, -0.2) is 11.1 Å². The maximum Gasteiger partial charge on any atom is 0.335 e. The molecule has 174 valence electrons. The molecule has 0 aliphatic carbocycles. The molecule has 37 heavy (non-hydrogen) atoms. The summed E-state index contributed by atoms with van der Waals surface area (Å²) < 4.78 is 0. The normalized spacial score (nSPS) is 11.5. The molecule has 1 N–H and O–H groups in total. The van der Waals surface area contributed by atoms with E-state index >= 15 is 0 Å². The molecule has 0 fully saturated rings. The van der Waals surface area contributed by atoms with Crippen LogP contribution in [0.15, 0.2) is 127 Å². The number of rotatable bonds is 3. The standard InChI is InChI=1S/C35H22O2/c36-35(37)24-16-14-23(15-17-24)34-31-20-27-12-6-4-10-25(27)18-29(31)33(22-8-2-1-3-9-22)30-19-26-11-5-7-13-28(26)21-32(30)34/h1-21H,(H,36,37). The molecule has 2 nitrogen and oxygen atoms in total. The van der Waals surface area contributed by atoms with Crippen LogP contribution in [0.5, 0.6) is 0 Å². The van der Waals surface area contributed by atoms with Crippen LogP contribution in [0.25, 0.3) is 65.3 Å². The number of hydrogen-bond acceptors (Lipinski definition) is 1. The van der Waals surface area contributed by atoms with Crippen molar-refractivity contribution < 1.29 is 9.90 Å². The number of hydrogen-bond donors (Lipinski definition) is 1. The van der Waals surface area contributed by atoms with Crippen molar-refractivity contribution in [1.82, 2.24) is 0 Å². The highest BCUT2D eigenvalue weighted by Crippen LogP contribution is 2.46. The van der Waals surface area contributed by atoms with E-state index in [0.717, 1.165) is 21.9 Å². The first-order valence-electron chi connectivity index (χ1n) is 12.4. The van der Waals surface area contributed by atoms with Gasteiger partial charge in [0, 0.05) is 0 Å². The molecular weight excluding hydrogens is 452 g/mol. The van der Waals surface area contributed by atoms with Crippen LogP contribution < -0.4 is 0 Å². The van der Waals surface area contributed by atoms with Gasteiger partial charge < -0.3 is 5.11 Å². The molecular formula is C35H22O2. The van der Waals surface area contributed by atoms with Crippen LogP contribution in [0.2, 0.25) is 0 Å². The third-order valence-electron chi connectivity index (χ3n) is 7.33. The van der Waals surface area contributed by atoms with Crippen molar-refractivity contribution in [3.8, 4) is 22.3 Å². The van der Waals surface area contributed by atoms with Gasteiger partial charge in [-0.2, -0.15) is 0 Å². The van der Waals surface area contributed by atoms with Gasteiger partial charge in [0.1, 0.15) is 0 Å². The fourth-order valence-corrected chi connectivity index (χ4v) is 5.60. The Kier molecular flexibility index (Phi) is 4.80. The highest BCUT2D eigenvalue weighted by atomic mass is 16.4. The van der Waals surface area contributed by atoms with Crippen LogP contribution in [0.4, 0.5) is 0 Å². The predicted molar refractivity (Wildman–Crippen MR) is 154 cm³/mol. The molecule has 0 spiro atoms. The minimum Gasteiger partial charge on any atom is -0.478 e. The third-order valence-corrected chi connectivity index (χ3v) is 7.33. The molecule has 0 aliphatic heterocycles. The zero-order valence-corrected chi connectivity index (χ0v) is 20.0. The van der Waals surface area contributed by atoms with E-state index in [1.807, 2.05) is 12.1 Å². The summed E-state index contributed by atoms with van der Waals surface area (Å²) in [7, 11) is 0. The summed E-state index contributed by atoms with van der Waals surface area (Å²) in [4.78, 5) is 11.6. The lowest BCUT2D eigenvalue weighted by atomic mass is 9.84. The van der Waals surface area contributed by atoms with Crippen molar-refractivity contribution >= 4 is 49.1 Å². The van der Waals surface area contributed by atoms with E-state index in [-0.39, 0.29) is 5.56 Å². The Hall–Kier alpha value is -4.95. The van der Waals surface area contributed by atoms with E-state index in [1.54, 1.807) is 12.1 Å². The van der Waals surface area contributed by atoms with Crippen molar-refractivity contribution in [2.45, 2.75) is 0 Å². The third kappa shape index (κ3) is 3.46. The molecule has 0 amide bonds. The zero-order chi connectivity index (χ0) is 24.9. The Morgan fingerprint density at radius 2 is 0.784 bits per heavy atom. The van der Waals surface area contributed by atoms with E-state index in [4.69, 9.17) is 0 Å². The van der Waals surface area contributed by atoms with Crippen LogP contribution >= 0.6 is 0 Å². The van der Waals surface area contributed by atoms with Gasteiger partial charge in [0.25, 0.3) is 0 Å². The molecule has 0 saturated heterocycles. The van der Waals surface area contributed by atoms with Gasteiger partial charge in [0.15, 0.2) is 0 Å². The second-order valence-electron chi connectivity index (χ2n) is 9.49. The van der Waals surface area contributed by atoms with Crippen molar-refractivity contribution in [2.75, 3.05) is 0 Å². The van der Waals surface area contributed by atoms with Crippen LogP contribution in [-0.2, 0) is 0 Å². The van der Waals surface area contributed by atoms with E-state index in [2.05, 4.69) is 103 Å². The molecule has 2 heteroatoms. The summed E-state index contributed by atoms with van der Waals surface area (Å²) >= 11 is 0. The van der Waals surface area contributed by atoms with E-state index in [0.29, 0.717) is 0 Å². The highest BCUT2D eigenvalue weighted by molar-refractivity contribution is 6.25. The SMILES string of the molecule is O=C(O)c1ccc(-c2c3cc4ccccc4cc3c(-c3ccccc3)c3cc4ccccc4cc23)cc1. The number of aromatic carboxylic acids is 1. The summed E-state index contributed by atoms with van der Waals surface area (Å²) in [5.74, 6) is -0.919. The fourth-order valence-electron chi connectivity index (χ4n) is 5.60. The molecule has 0 heterocycles. The average molecular weight is 475 g/mol. The van der Waals surface area contributed by atoms with E-state index in [1.165, 1.54) is 43.4 Å². The first-order valence-corrected chi connectivity index (χ1v) is 12.4. The Bertz CT molecular complexity index is 1890. The molecule has 0 unspecified atom stereocenters. The summed E-state index contributed by atoms with van der Waals surface area (Å²) in [5, 5.41) is 18.9. The van der Waals surface area contributed by atoms with Gasteiger partial charge in [0.2, 0.25) is 0 Å². The van der Waals surface area contributed by atoms with E-state index < -0.39 is 5.97 Å². The maximum absolute atomic E-state index is 11.6. The minimum absolute atomic E-state index is 0.286. The first-order chi connectivity index (χ1) is 18.2. The largest absolute Gasteiger partial charge is 0.478 e. The minimum atomic E-state index is -0.919. The van der Waals surface area contributed by atoms with Crippen LogP contribution in [0, 0.1) is 0 Å². The first kappa shape index (κ1) is 21.3. The van der Waals surface area contributed by atoms with Crippen molar-refractivity contribution in [1.29, 1.82) is 0 Å². The summed E-state index contributed by atoms with van der Waals surface area (Å²) in [6.07, 6.45) is 0. The Morgan fingerprint density at radius 3 is 1.16 bits per heavy atom. The Labute approximate surface area is 214 Å². The summed E-state index contributed by atoms with van der Waals surface area (Å²) in [5.41, 5.74) is 4.81. The van der Waals surface area contributed by atoms with Crippen molar-refractivity contribution in [2.24, 2.45) is 0 Å². The average Bonchev–Trinajstić information content (AvgIpc) is 2.94. The fraction of sp³-hybridized carbons (Fsp3) is 0. The van der Waals surface area contributed by atoms with Crippen LogP contribution in [0.1, 0.15) is 10.4 Å². The quantitative estimate of drug-likeness (QED) is 0.259. The van der Waals surface area contributed by atoms with Gasteiger partial charge in [-0.15, -0.1) is 0 Å². The number of carboxylic acids is 1. The molecule has 0 radical (unpaired) electrons. The second kappa shape index (κ2) is 8.32. The second-order valence-corrected chi connectivity index (χ2v) is 9.49. The lowest BCUT2D eigenvalue weighted by Crippen LogP contribution is -1.96. The van der Waals surface area contributed by atoms with Gasteiger partial charge in [0.05, 0.1) is 5.56 Å². The maximum atomic E-state index is 11.6. The van der Waals surface area contributed by atoms with Crippen molar-refractivity contribution in [3.05, 3.63) is 133 Å². The molecule has 0 atom stereocenters. The van der Waals surface area contributed by atoms with Gasteiger partial charge in [-0.05, 0) is 102 Å². The van der Waals surface area contributed by atoms with Crippen LogP contribution in [0.3, 0.4) is 0 Å². The monoisotopic (exact) mass is 474 g/mol.